The number of methoxy groups -OCH3 is 2. The Labute approximate surface area is 219 Å². The lowest BCUT2D eigenvalue weighted by molar-refractivity contribution is 0.0622. The first-order chi connectivity index (χ1) is 17.5. The van der Waals surface area contributed by atoms with Crippen LogP contribution in [-0.2, 0) is 18.9 Å². The molecule has 4 N–H and O–H groups in total. The van der Waals surface area contributed by atoms with Gasteiger partial charge in [-0.15, -0.1) is 0 Å². The smallest absolute Gasteiger partial charge is 0.315 e. The van der Waals surface area contributed by atoms with Gasteiger partial charge in [-0.1, -0.05) is 51.4 Å². The number of unbranched alkanes of at least 4 members (excludes halogenated alkanes) is 9. The Morgan fingerprint density at radius 2 is 0.889 bits per heavy atom. The second-order valence-corrected chi connectivity index (χ2v) is 9.27. The molecule has 0 bridgehead atoms. The Kier molecular flexibility index (Phi) is 25.3. The van der Waals surface area contributed by atoms with Gasteiger partial charge in [0.2, 0.25) is 0 Å². The molecular weight excluding hydrogens is 464 g/mol. The maximum absolute atomic E-state index is 11.8. The number of carbonyl (C=O) groups is 2. The molecule has 36 heavy (non-hydrogen) atoms. The van der Waals surface area contributed by atoms with E-state index in [1.165, 1.54) is 38.5 Å². The van der Waals surface area contributed by atoms with E-state index in [4.69, 9.17) is 18.9 Å². The van der Waals surface area contributed by atoms with Crippen LogP contribution < -0.4 is 21.3 Å². The van der Waals surface area contributed by atoms with Crippen LogP contribution in [0.5, 0.6) is 0 Å². The van der Waals surface area contributed by atoms with Crippen molar-refractivity contribution in [1.29, 1.82) is 0 Å². The van der Waals surface area contributed by atoms with Gasteiger partial charge in [-0.25, -0.2) is 9.59 Å². The molecule has 0 aromatic heterocycles. The van der Waals surface area contributed by atoms with E-state index < -0.39 is 0 Å². The van der Waals surface area contributed by atoms with Gasteiger partial charge in [-0.2, -0.15) is 0 Å². The summed E-state index contributed by atoms with van der Waals surface area (Å²) in [4.78, 5) is 23.7. The first-order valence-electron chi connectivity index (χ1n) is 13.7. The van der Waals surface area contributed by atoms with Crippen LogP contribution in [0, 0.1) is 0 Å². The van der Waals surface area contributed by atoms with Crippen LogP contribution in [0.2, 0.25) is 0 Å². The average molecular weight is 519 g/mol. The number of hydrogen-bond acceptors (Lipinski definition) is 6. The second kappa shape index (κ2) is 26.4. The maximum Gasteiger partial charge on any atom is 0.315 e. The van der Waals surface area contributed by atoms with Crippen molar-refractivity contribution in [1.82, 2.24) is 21.3 Å². The minimum Gasteiger partial charge on any atom is -0.382 e. The van der Waals surface area contributed by atoms with Crippen LogP contribution >= 0.6 is 0 Å². The third kappa shape index (κ3) is 25.5. The number of ether oxygens (including phenoxy) is 4. The second-order valence-electron chi connectivity index (χ2n) is 9.27. The molecule has 214 valence electrons. The quantitative estimate of drug-likeness (QED) is 0.137. The number of hydrogen-bond donors (Lipinski definition) is 4. The van der Waals surface area contributed by atoms with Crippen LogP contribution in [0.25, 0.3) is 0 Å². The molecule has 10 nitrogen and oxygen atoms in total. The number of amides is 4. The van der Waals surface area contributed by atoms with Gasteiger partial charge in [0.15, 0.2) is 0 Å². The molecule has 0 aliphatic rings. The first kappa shape index (κ1) is 34.4. The lowest BCUT2D eigenvalue weighted by atomic mass is 10.1. The summed E-state index contributed by atoms with van der Waals surface area (Å²) in [6.07, 6.45) is 11.7. The van der Waals surface area contributed by atoms with Crippen LogP contribution in [0.3, 0.4) is 0 Å². The summed E-state index contributed by atoms with van der Waals surface area (Å²) >= 11 is 0. The minimum absolute atomic E-state index is 0.0246. The van der Waals surface area contributed by atoms with Gasteiger partial charge in [0.1, 0.15) is 0 Å². The van der Waals surface area contributed by atoms with E-state index in [-0.39, 0.29) is 24.1 Å². The van der Waals surface area contributed by atoms with Crippen LogP contribution in [0.15, 0.2) is 0 Å². The summed E-state index contributed by atoms with van der Waals surface area (Å²) in [6, 6.07) is -0.315. The Balaban J connectivity index is 3.35. The predicted octanol–water partition coefficient (Wildman–Crippen LogP) is 3.59. The molecule has 0 fully saturated rings. The zero-order valence-corrected chi connectivity index (χ0v) is 23.3. The Morgan fingerprint density at radius 3 is 1.22 bits per heavy atom. The highest BCUT2D eigenvalue weighted by molar-refractivity contribution is 5.74. The average Bonchev–Trinajstić information content (AvgIpc) is 2.84. The fourth-order valence-electron chi connectivity index (χ4n) is 3.51. The van der Waals surface area contributed by atoms with Gasteiger partial charge in [0.25, 0.3) is 0 Å². The van der Waals surface area contributed by atoms with Gasteiger partial charge in [-0.3, -0.25) is 0 Å². The molecular formula is C26H54N4O6. The largest absolute Gasteiger partial charge is 0.382 e. The van der Waals surface area contributed by atoms with Crippen molar-refractivity contribution in [2.45, 2.75) is 90.1 Å². The van der Waals surface area contributed by atoms with Gasteiger partial charge < -0.3 is 40.2 Å². The zero-order chi connectivity index (χ0) is 26.7. The van der Waals surface area contributed by atoms with Crippen molar-refractivity contribution >= 4 is 12.1 Å². The summed E-state index contributed by atoms with van der Waals surface area (Å²) in [6.45, 7) is 8.42. The highest BCUT2D eigenvalue weighted by atomic mass is 16.5. The highest BCUT2D eigenvalue weighted by Gasteiger charge is 2.07. The third-order valence-corrected chi connectivity index (χ3v) is 5.53. The predicted molar refractivity (Wildman–Crippen MR) is 144 cm³/mol. The molecule has 0 aromatic carbocycles. The van der Waals surface area contributed by atoms with E-state index >= 15 is 0 Å². The standard InChI is InChI=1S/C26H54N4O6/c1-23(21-35-19-17-33-3)29-25(31)27-15-13-11-9-7-5-6-8-10-12-14-16-28-26(32)30-24(2)22-36-20-18-34-4/h23-24H,5-22H2,1-4H3,(H2,27,29,31)(H2,28,30,32). The minimum atomic E-state index is -0.133. The highest BCUT2D eigenvalue weighted by Crippen LogP contribution is 2.10. The lowest BCUT2D eigenvalue weighted by Crippen LogP contribution is -2.43. The molecule has 2 unspecified atom stereocenters. The number of rotatable bonds is 25. The van der Waals surface area contributed by atoms with Gasteiger partial charge in [0.05, 0.1) is 51.7 Å². The van der Waals surface area contributed by atoms with E-state index in [2.05, 4.69) is 21.3 Å². The topological polar surface area (TPSA) is 119 Å². The molecule has 0 heterocycles. The van der Waals surface area contributed by atoms with E-state index in [1.54, 1.807) is 14.2 Å². The number of urea groups is 2. The van der Waals surface area contributed by atoms with Crippen molar-refractivity contribution in [3.05, 3.63) is 0 Å². The summed E-state index contributed by atoms with van der Waals surface area (Å²) in [5, 5.41) is 11.6. The van der Waals surface area contributed by atoms with Crippen molar-refractivity contribution in [2.24, 2.45) is 0 Å². The zero-order valence-electron chi connectivity index (χ0n) is 23.3. The van der Waals surface area contributed by atoms with Gasteiger partial charge in [0, 0.05) is 27.3 Å². The van der Waals surface area contributed by atoms with Crippen molar-refractivity contribution < 1.29 is 28.5 Å². The fraction of sp³-hybridized carbons (Fsp3) is 0.923. The first-order valence-corrected chi connectivity index (χ1v) is 13.7. The van der Waals surface area contributed by atoms with Crippen LogP contribution in [0.1, 0.15) is 78.1 Å². The molecule has 0 aliphatic carbocycles. The molecule has 4 amide bonds. The van der Waals surface area contributed by atoms with E-state index in [0.29, 0.717) is 52.7 Å². The van der Waals surface area contributed by atoms with E-state index in [9.17, 15) is 9.59 Å². The Hall–Kier alpha value is -1.62. The number of carbonyl (C=O) groups excluding carboxylic acids is 2. The normalized spacial score (nSPS) is 12.7. The molecule has 0 saturated heterocycles. The summed E-state index contributed by atoms with van der Waals surface area (Å²) in [7, 11) is 3.27. The van der Waals surface area contributed by atoms with Gasteiger partial charge >= 0.3 is 12.1 Å². The molecule has 0 aliphatic heterocycles. The van der Waals surface area contributed by atoms with Crippen molar-refractivity contribution in [3.8, 4) is 0 Å². The van der Waals surface area contributed by atoms with Crippen LogP contribution in [0.4, 0.5) is 9.59 Å². The molecule has 0 aromatic rings. The lowest BCUT2D eigenvalue weighted by Gasteiger charge is -2.15. The maximum atomic E-state index is 11.8. The molecule has 2 atom stereocenters. The summed E-state index contributed by atoms with van der Waals surface area (Å²) < 4.78 is 20.6. The molecule has 0 rings (SSSR count). The van der Waals surface area contributed by atoms with Gasteiger partial charge in [-0.05, 0) is 26.7 Å². The van der Waals surface area contributed by atoms with E-state index in [0.717, 1.165) is 25.7 Å². The molecule has 10 heteroatoms. The Bertz CT molecular complexity index is 469. The van der Waals surface area contributed by atoms with E-state index in [1.807, 2.05) is 13.8 Å². The SMILES string of the molecule is COCCOCC(C)NC(=O)NCCCCCCCCCCCCNC(=O)NC(C)COCCOC. The van der Waals surface area contributed by atoms with Crippen molar-refractivity contribution in [2.75, 3.05) is 67.0 Å². The molecule has 0 radical (unpaired) electrons. The van der Waals surface area contributed by atoms with Crippen LogP contribution in [-0.4, -0.2) is 91.1 Å². The Morgan fingerprint density at radius 1 is 0.556 bits per heavy atom. The molecule has 0 spiro atoms. The summed E-state index contributed by atoms with van der Waals surface area (Å²) in [5.41, 5.74) is 0. The fourth-order valence-corrected chi connectivity index (χ4v) is 3.51. The number of nitrogens with one attached hydrogen (secondary N) is 4. The van der Waals surface area contributed by atoms with Crippen molar-refractivity contribution in [3.63, 3.8) is 0 Å². The summed E-state index contributed by atoms with van der Waals surface area (Å²) in [5.74, 6) is 0. The third-order valence-electron chi connectivity index (χ3n) is 5.53. The molecule has 0 saturated carbocycles. The monoisotopic (exact) mass is 518 g/mol.